The molecule has 0 aromatic heterocycles. The molecule has 2 N–H and O–H groups in total. The predicted molar refractivity (Wildman–Crippen MR) is 99.7 cm³/mol. The number of hydrogen-bond acceptors (Lipinski definition) is 5. The van der Waals surface area contributed by atoms with Gasteiger partial charge in [-0.05, 0) is 18.2 Å². The van der Waals surface area contributed by atoms with Crippen molar-refractivity contribution in [3.63, 3.8) is 0 Å². The number of benzene rings is 1. The standard InChI is InChI=1S/C19H23F4N3O4/c1-11-9-25(6-5-18(11,29)19(21,22)23)16-4-3-13(7-15(16)20)26-10-14(30-17(26)28)8-24-12(2)27/h3-4,7,11,14,29H,5-6,8-10H2,1-2H3,(H,24,27)/t11-,14-,18?/m0/s1. The van der Waals surface area contributed by atoms with Crippen LogP contribution in [0.5, 0.6) is 0 Å². The lowest BCUT2D eigenvalue weighted by Crippen LogP contribution is -2.59. The van der Waals surface area contributed by atoms with Gasteiger partial charge in [0, 0.05) is 32.4 Å². The van der Waals surface area contributed by atoms with Crippen LogP contribution in [0.15, 0.2) is 18.2 Å². The Morgan fingerprint density at radius 1 is 1.37 bits per heavy atom. The number of nitrogens with zero attached hydrogens (tertiary/aromatic N) is 2. The van der Waals surface area contributed by atoms with E-state index in [9.17, 15) is 32.3 Å². The van der Waals surface area contributed by atoms with Gasteiger partial charge in [0.25, 0.3) is 0 Å². The molecule has 7 nitrogen and oxygen atoms in total. The van der Waals surface area contributed by atoms with E-state index in [0.717, 1.165) is 6.07 Å². The molecular formula is C19H23F4N3O4. The molecule has 3 atom stereocenters. The number of nitrogens with one attached hydrogen (secondary N) is 1. The highest BCUT2D eigenvalue weighted by molar-refractivity contribution is 5.90. The minimum atomic E-state index is -4.76. The first-order chi connectivity index (χ1) is 13.9. The number of halogens is 4. The van der Waals surface area contributed by atoms with Crippen LogP contribution in [-0.2, 0) is 9.53 Å². The second-order valence-corrected chi connectivity index (χ2v) is 7.71. The van der Waals surface area contributed by atoms with Gasteiger partial charge in [0.15, 0.2) is 5.60 Å². The molecule has 0 bridgehead atoms. The van der Waals surface area contributed by atoms with Crippen LogP contribution >= 0.6 is 0 Å². The zero-order valence-corrected chi connectivity index (χ0v) is 16.5. The number of ether oxygens (including phenoxy) is 1. The SMILES string of the molecule is CC(=O)NC[C@H]1CN(c2ccc(N3CCC(O)(C(F)(F)F)[C@@H](C)C3)c(F)c2)C(=O)O1. The maximum absolute atomic E-state index is 14.8. The maximum Gasteiger partial charge on any atom is 0.417 e. The largest absolute Gasteiger partial charge is 0.442 e. The monoisotopic (exact) mass is 433 g/mol. The Bertz CT molecular complexity index is 834. The van der Waals surface area contributed by atoms with E-state index in [4.69, 9.17) is 4.74 Å². The van der Waals surface area contributed by atoms with Crippen molar-refractivity contribution in [3.8, 4) is 0 Å². The third-order valence-corrected chi connectivity index (χ3v) is 5.60. The fourth-order valence-corrected chi connectivity index (χ4v) is 3.78. The number of alkyl halides is 3. The first-order valence-electron chi connectivity index (χ1n) is 9.48. The zero-order valence-electron chi connectivity index (χ0n) is 16.5. The molecule has 2 aliphatic heterocycles. The van der Waals surface area contributed by atoms with Crippen molar-refractivity contribution in [3.05, 3.63) is 24.0 Å². The summed E-state index contributed by atoms with van der Waals surface area (Å²) in [5.74, 6) is -2.11. The lowest BCUT2D eigenvalue weighted by Gasteiger charge is -2.44. The van der Waals surface area contributed by atoms with Crippen molar-refractivity contribution < 1.29 is 37.0 Å². The topological polar surface area (TPSA) is 82.1 Å². The summed E-state index contributed by atoms with van der Waals surface area (Å²) in [6.07, 6.45) is -6.58. The highest BCUT2D eigenvalue weighted by Crippen LogP contribution is 2.43. The first kappa shape index (κ1) is 22.1. The third-order valence-electron chi connectivity index (χ3n) is 5.60. The van der Waals surface area contributed by atoms with E-state index in [0.29, 0.717) is 0 Å². The van der Waals surface area contributed by atoms with Crippen molar-refractivity contribution in [1.29, 1.82) is 0 Å². The number of aliphatic hydroxyl groups is 1. The lowest BCUT2D eigenvalue weighted by atomic mass is 9.81. The van der Waals surface area contributed by atoms with Crippen LogP contribution in [-0.4, -0.2) is 61.2 Å². The number of amides is 2. The number of rotatable bonds is 4. The van der Waals surface area contributed by atoms with Gasteiger partial charge >= 0.3 is 12.3 Å². The van der Waals surface area contributed by atoms with Crippen molar-refractivity contribution in [1.82, 2.24) is 5.32 Å². The summed E-state index contributed by atoms with van der Waals surface area (Å²) in [6, 6.07) is 3.99. The molecule has 0 spiro atoms. The average molecular weight is 433 g/mol. The van der Waals surface area contributed by atoms with Crippen LogP contribution < -0.4 is 15.1 Å². The average Bonchev–Trinajstić information content (AvgIpc) is 3.02. The molecule has 2 amide bonds. The van der Waals surface area contributed by atoms with Crippen molar-refractivity contribution in [2.24, 2.45) is 5.92 Å². The van der Waals surface area contributed by atoms with Gasteiger partial charge < -0.3 is 20.1 Å². The second kappa shape index (κ2) is 7.93. The molecule has 166 valence electrons. The molecule has 11 heteroatoms. The Kier molecular flexibility index (Phi) is 5.85. The van der Waals surface area contributed by atoms with Gasteiger partial charge in [-0.2, -0.15) is 13.2 Å². The van der Waals surface area contributed by atoms with Crippen LogP contribution in [0.1, 0.15) is 20.3 Å². The van der Waals surface area contributed by atoms with Crippen LogP contribution in [0.2, 0.25) is 0 Å². The van der Waals surface area contributed by atoms with Crippen LogP contribution in [0.4, 0.5) is 33.7 Å². The Hall–Kier alpha value is -2.56. The van der Waals surface area contributed by atoms with E-state index in [1.165, 1.54) is 35.8 Å². The smallest absolute Gasteiger partial charge is 0.417 e. The summed E-state index contributed by atoms with van der Waals surface area (Å²) in [5, 5.41) is 12.5. The maximum atomic E-state index is 14.8. The fourth-order valence-electron chi connectivity index (χ4n) is 3.78. The fraction of sp³-hybridized carbons (Fsp3) is 0.579. The second-order valence-electron chi connectivity index (χ2n) is 7.71. The number of cyclic esters (lactones) is 1. The van der Waals surface area contributed by atoms with Gasteiger partial charge in [0.05, 0.1) is 24.5 Å². The van der Waals surface area contributed by atoms with E-state index in [1.807, 2.05) is 0 Å². The van der Waals surface area contributed by atoms with E-state index in [-0.39, 0.29) is 43.5 Å². The molecule has 1 aromatic carbocycles. The van der Waals surface area contributed by atoms with Crippen molar-refractivity contribution in [2.75, 3.05) is 36.0 Å². The summed E-state index contributed by atoms with van der Waals surface area (Å²) in [6.45, 7) is 2.53. The lowest BCUT2D eigenvalue weighted by molar-refractivity contribution is -0.281. The Balaban J connectivity index is 1.71. The van der Waals surface area contributed by atoms with Gasteiger partial charge in [0.1, 0.15) is 11.9 Å². The van der Waals surface area contributed by atoms with E-state index >= 15 is 0 Å². The number of carbonyl (C=O) groups excluding carboxylic acids is 2. The molecule has 2 aliphatic rings. The van der Waals surface area contributed by atoms with Crippen molar-refractivity contribution >= 4 is 23.4 Å². The zero-order chi connectivity index (χ0) is 22.3. The number of anilines is 2. The Morgan fingerprint density at radius 2 is 2.07 bits per heavy atom. The molecule has 0 saturated carbocycles. The molecule has 0 aliphatic carbocycles. The normalized spacial score (nSPS) is 27.2. The van der Waals surface area contributed by atoms with Crippen molar-refractivity contribution in [2.45, 2.75) is 38.1 Å². The predicted octanol–water partition coefficient (Wildman–Crippen LogP) is 2.43. The molecule has 1 aromatic rings. The third kappa shape index (κ3) is 4.16. The molecule has 3 rings (SSSR count). The Morgan fingerprint density at radius 3 is 2.63 bits per heavy atom. The molecule has 2 heterocycles. The molecule has 30 heavy (non-hydrogen) atoms. The Labute approximate surface area is 170 Å². The first-order valence-corrected chi connectivity index (χ1v) is 9.48. The number of piperidine rings is 1. The van der Waals surface area contributed by atoms with Gasteiger partial charge in [-0.1, -0.05) is 6.92 Å². The minimum absolute atomic E-state index is 0.0946. The summed E-state index contributed by atoms with van der Waals surface area (Å²) in [7, 11) is 0. The molecule has 1 unspecified atom stereocenters. The summed E-state index contributed by atoms with van der Waals surface area (Å²) in [5.41, 5.74) is -2.47. The quantitative estimate of drug-likeness (QED) is 0.713. The minimum Gasteiger partial charge on any atom is -0.442 e. The van der Waals surface area contributed by atoms with E-state index in [2.05, 4.69) is 5.32 Å². The van der Waals surface area contributed by atoms with Crippen LogP contribution in [0.25, 0.3) is 0 Å². The van der Waals surface area contributed by atoms with Crippen LogP contribution in [0.3, 0.4) is 0 Å². The highest BCUT2D eigenvalue weighted by atomic mass is 19.4. The van der Waals surface area contributed by atoms with Gasteiger partial charge in [-0.25, -0.2) is 9.18 Å². The highest BCUT2D eigenvalue weighted by Gasteiger charge is 2.58. The number of carbonyl (C=O) groups is 2. The van der Waals surface area contributed by atoms with Gasteiger partial charge in [-0.15, -0.1) is 0 Å². The molecule has 2 fully saturated rings. The molecular weight excluding hydrogens is 410 g/mol. The van der Waals surface area contributed by atoms with Gasteiger partial charge in [-0.3, -0.25) is 9.69 Å². The van der Waals surface area contributed by atoms with Gasteiger partial charge in [0.2, 0.25) is 5.91 Å². The van der Waals surface area contributed by atoms with E-state index < -0.39 is 42.1 Å². The summed E-state index contributed by atoms with van der Waals surface area (Å²) in [4.78, 5) is 25.7. The summed E-state index contributed by atoms with van der Waals surface area (Å²) < 4.78 is 59.4. The number of hydrogen-bond donors (Lipinski definition) is 2. The van der Waals surface area contributed by atoms with E-state index in [1.54, 1.807) is 0 Å². The molecule has 0 radical (unpaired) electrons. The summed E-state index contributed by atoms with van der Waals surface area (Å²) >= 11 is 0. The molecule has 2 saturated heterocycles. The van der Waals surface area contributed by atoms with Crippen LogP contribution in [0, 0.1) is 11.7 Å².